The maximum Gasteiger partial charge on any atom is 0.154 e. The first-order chi connectivity index (χ1) is 18.5. The molecule has 0 unspecified atom stereocenters. The van der Waals surface area contributed by atoms with Crippen LogP contribution in [0.2, 0.25) is 10.3 Å². The molecule has 0 spiro atoms. The number of nitrogens with zero attached hydrogens (tertiary/aromatic N) is 6. The molecular weight excluding hydrogens is 623 g/mol. The van der Waals surface area contributed by atoms with Crippen LogP contribution in [-0.4, -0.2) is 29.2 Å². The van der Waals surface area contributed by atoms with E-state index in [1.807, 2.05) is 58.6 Å². The molecular formula is C27H21BrCl2N6S2. The van der Waals surface area contributed by atoms with Crippen molar-refractivity contribution in [1.29, 1.82) is 0 Å². The van der Waals surface area contributed by atoms with Crippen molar-refractivity contribution >= 4 is 73.1 Å². The number of hydrogen-bond acceptors (Lipinski definition) is 6. The molecule has 11 heteroatoms. The normalized spacial score (nSPS) is 10.1. The summed E-state index contributed by atoms with van der Waals surface area (Å²) in [5.74, 6) is 0. The third-order valence-corrected chi connectivity index (χ3v) is 7.36. The SMILES string of the molecule is Brc1ccsc1.Cc1ccccc1.Clc1ccc2ncc(-c3ccsc3)n2n1.Clc1ccc2nccn2n1. The van der Waals surface area contributed by atoms with Gasteiger partial charge >= 0.3 is 0 Å². The molecule has 0 amide bonds. The summed E-state index contributed by atoms with van der Waals surface area (Å²) in [5, 5.41) is 17.3. The van der Waals surface area contributed by atoms with Crippen LogP contribution in [0.1, 0.15) is 5.56 Å². The zero-order valence-electron chi connectivity index (χ0n) is 20.0. The van der Waals surface area contributed by atoms with Gasteiger partial charge in [0.1, 0.15) is 10.3 Å². The quantitative estimate of drug-likeness (QED) is 0.179. The second-order valence-electron chi connectivity index (χ2n) is 7.56. The third-order valence-electron chi connectivity index (χ3n) is 4.80. The number of imidazole rings is 2. The molecule has 6 aromatic heterocycles. The lowest BCUT2D eigenvalue weighted by Crippen LogP contribution is -1.93. The molecule has 0 bridgehead atoms. The van der Waals surface area contributed by atoms with E-state index in [2.05, 4.69) is 60.5 Å². The molecule has 0 N–H and O–H groups in total. The molecule has 6 heterocycles. The summed E-state index contributed by atoms with van der Waals surface area (Å²) >= 11 is 18.1. The Morgan fingerprint density at radius 1 is 0.763 bits per heavy atom. The van der Waals surface area contributed by atoms with Gasteiger partial charge in [0.2, 0.25) is 0 Å². The summed E-state index contributed by atoms with van der Waals surface area (Å²) in [7, 11) is 0. The Balaban J connectivity index is 0.000000127. The Hall–Kier alpha value is -3.08. The smallest absolute Gasteiger partial charge is 0.154 e. The fraction of sp³-hybridized carbons (Fsp3) is 0.0370. The molecule has 0 saturated carbocycles. The first-order valence-corrected chi connectivity index (χ1v) is 14.6. The topological polar surface area (TPSA) is 60.4 Å². The van der Waals surface area contributed by atoms with E-state index in [1.54, 1.807) is 62.4 Å². The van der Waals surface area contributed by atoms with Gasteiger partial charge in [-0.1, -0.05) is 59.1 Å². The van der Waals surface area contributed by atoms with Crippen molar-refractivity contribution in [3.63, 3.8) is 0 Å². The Labute approximate surface area is 246 Å². The Kier molecular flexibility index (Phi) is 10.4. The summed E-state index contributed by atoms with van der Waals surface area (Å²) in [4.78, 5) is 8.26. The molecule has 38 heavy (non-hydrogen) atoms. The summed E-state index contributed by atoms with van der Waals surface area (Å²) in [6, 6.07) is 21.4. The number of halogens is 3. The second kappa shape index (κ2) is 14.2. The van der Waals surface area contributed by atoms with Crippen molar-refractivity contribution in [1.82, 2.24) is 29.2 Å². The minimum atomic E-state index is 0.469. The fourth-order valence-corrected chi connectivity index (χ4v) is 5.11. The first kappa shape index (κ1) is 27.9. The highest BCUT2D eigenvalue weighted by Crippen LogP contribution is 2.23. The molecule has 0 aliphatic rings. The molecule has 0 fully saturated rings. The minimum Gasteiger partial charge on any atom is -0.236 e. The van der Waals surface area contributed by atoms with Gasteiger partial charge in [0.15, 0.2) is 11.3 Å². The van der Waals surface area contributed by atoms with E-state index < -0.39 is 0 Å². The minimum absolute atomic E-state index is 0.469. The average Bonchev–Trinajstić information content (AvgIpc) is 3.73. The van der Waals surface area contributed by atoms with Gasteiger partial charge in [-0.3, -0.25) is 0 Å². The summed E-state index contributed by atoms with van der Waals surface area (Å²) in [5.41, 5.74) is 5.02. The van der Waals surface area contributed by atoms with Gasteiger partial charge in [0, 0.05) is 33.2 Å². The molecule has 0 radical (unpaired) electrons. The number of aryl methyl sites for hydroxylation is 1. The van der Waals surface area contributed by atoms with Gasteiger partial charge in [-0.05, 0) is 70.0 Å². The zero-order chi connectivity index (χ0) is 26.7. The summed E-state index contributed by atoms with van der Waals surface area (Å²) in [6.07, 6.45) is 5.24. The molecule has 0 aliphatic carbocycles. The lowest BCUT2D eigenvalue weighted by Gasteiger charge is -1.97. The van der Waals surface area contributed by atoms with Crippen LogP contribution in [0, 0.1) is 6.92 Å². The number of fused-ring (bicyclic) bond motifs is 2. The number of benzene rings is 1. The maximum atomic E-state index is 5.85. The lowest BCUT2D eigenvalue weighted by atomic mass is 10.2. The molecule has 1 aromatic carbocycles. The number of rotatable bonds is 1. The Morgan fingerprint density at radius 2 is 1.47 bits per heavy atom. The van der Waals surface area contributed by atoms with Crippen LogP contribution in [0.3, 0.4) is 0 Å². The van der Waals surface area contributed by atoms with Crippen molar-refractivity contribution < 1.29 is 0 Å². The molecule has 192 valence electrons. The maximum absolute atomic E-state index is 5.85. The van der Waals surface area contributed by atoms with E-state index in [9.17, 15) is 0 Å². The molecule has 7 aromatic rings. The van der Waals surface area contributed by atoms with E-state index in [0.717, 1.165) is 22.6 Å². The van der Waals surface area contributed by atoms with Crippen LogP contribution < -0.4 is 0 Å². The highest BCUT2D eigenvalue weighted by molar-refractivity contribution is 9.10. The predicted molar refractivity (Wildman–Crippen MR) is 163 cm³/mol. The van der Waals surface area contributed by atoms with E-state index in [-0.39, 0.29) is 0 Å². The Morgan fingerprint density at radius 3 is 2.08 bits per heavy atom. The van der Waals surface area contributed by atoms with Crippen molar-refractivity contribution in [3.05, 3.63) is 127 Å². The van der Waals surface area contributed by atoms with Crippen LogP contribution in [-0.2, 0) is 0 Å². The van der Waals surface area contributed by atoms with E-state index in [1.165, 1.54) is 10.0 Å². The molecule has 0 aliphatic heterocycles. The van der Waals surface area contributed by atoms with Crippen molar-refractivity contribution in [2.45, 2.75) is 6.92 Å². The van der Waals surface area contributed by atoms with Crippen molar-refractivity contribution in [2.24, 2.45) is 0 Å². The summed E-state index contributed by atoms with van der Waals surface area (Å²) in [6.45, 7) is 2.08. The van der Waals surface area contributed by atoms with E-state index >= 15 is 0 Å². The van der Waals surface area contributed by atoms with Crippen LogP contribution in [0.4, 0.5) is 0 Å². The van der Waals surface area contributed by atoms with Crippen LogP contribution in [0.25, 0.3) is 22.6 Å². The van der Waals surface area contributed by atoms with Gasteiger partial charge in [-0.25, -0.2) is 19.0 Å². The van der Waals surface area contributed by atoms with Gasteiger partial charge in [-0.2, -0.15) is 32.9 Å². The third kappa shape index (κ3) is 8.21. The average molecular weight is 644 g/mol. The molecule has 7 rings (SSSR count). The largest absolute Gasteiger partial charge is 0.236 e. The molecule has 0 atom stereocenters. The zero-order valence-corrected chi connectivity index (χ0v) is 24.8. The highest BCUT2D eigenvalue weighted by atomic mass is 79.9. The number of hydrogen-bond donors (Lipinski definition) is 0. The monoisotopic (exact) mass is 642 g/mol. The van der Waals surface area contributed by atoms with Crippen LogP contribution in [0.5, 0.6) is 0 Å². The standard InChI is InChI=1S/C10H6ClN3S.C7H8.C6H4ClN3.C4H3BrS/c11-9-1-2-10-12-5-8(14(10)13-9)7-3-4-15-6-7;1-7-5-3-2-4-6-7;7-5-1-2-6-8-3-4-10(6)9-5;5-4-1-2-6-3-4/h1-6H;2-6H,1H3;1-4H;1-3H. The van der Waals surface area contributed by atoms with Crippen molar-refractivity contribution in [3.8, 4) is 11.3 Å². The van der Waals surface area contributed by atoms with Gasteiger partial charge in [-0.15, -0.1) is 0 Å². The van der Waals surface area contributed by atoms with Gasteiger partial charge in [0.05, 0.1) is 11.9 Å². The Bertz CT molecular complexity index is 1670. The lowest BCUT2D eigenvalue weighted by molar-refractivity contribution is 0.936. The van der Waals surface area contributed by atoms with E-state index in [0.29, 0.717) is 10.3 Å². The second-order valence-corrected chi connectivity index (χ2v) is 10.8. The number of aromatic nitrogens is 6. The van der Waals surface area contributed by atoms with E-state index in [4.69, 9.17) is 23.2 Å². The first-order valence-electron chi connectivity index (χ1n) is 11.2. The highest BCUT2D eigenvalue weighted by Gasteiger charge is 2.07. The number of thiophene rings is 2. The molecule has 6 nitrogen and oxygen atoms in total. The fourth-order valence-electron chi connectivity index (χ4n) is 3.03. The summed E-state index contributed by atoms with van der Waals surface area (Å²) < 4.78 is 4.56. The molecule has 0 saturated heterocycles. The predicted octanol–water partition coefficient (Wildman–Crippen LogP) is 9.00. The van der Waals surface area contributed by atoms with Gasteiger partial charge < -0.3 is 0 Å². The van der Waals surface area contributed by atoms with Gasteiger partial charge in [0.25, 0.3) is 0 Å². The van der Waals surface area contributed by atoms with Crippen molar-refractivity contribution in [2.75, 3.05) is 0 Å². The van der Waals surface area contributed by atoms with Crippen LogP contribution >= 0.6 is 61.8 Å². The van der Waals surface area contributed by atoms with Crippen LogP contribution in [0.15, 0.2) is 111 Å².